The highest BCUT2D eigenvalue weighted by Crippen LogP contribution is 2.20. The van der Waals surface area contributed by atoms with Crippen LogP contribution in [0.25, 0.3) is 11.4 Å². The molecule has 0 saturated heterocycles. The fourth-order valence-electron chi connectivity index (χ4n) is 2.37. The van der Waals surface area contributed by atoms with Gasteiger partial charge in [0, 0.05) is 24.4 Å². The van der Waals surface area contributed by atoms with Crippen molar-refractivity contribution >= 4 is 11.9 Å². The Morgan fingerprint density at radius 3 is 2.48 bits per heavy atom. The first-order chi connectivity index (χ1) is 11.8. The standard InChI is InChI=1S/C18H23N3O4/c1-11(2)13-4-6-14(7-5-13)18-20-16(25-21-18)9-8-15(22)19-12(3)10-17(23)24/h4-7,11-12H,8-10H2,1-3H3,(H,19,22)(H,23,24). The topological polar surface area (TPSA) is 105 Å². The number of rotatable bonds is 8. The van der Waals surface area contributed by atoms with Crippen LogP contribution in [0.5, 0.6) is 0 Å². The van der Waals surface area contributed by atoms with Crippen molar-refractivity contribution in [2.24, 2.45) is 0 Å². The number of nitrogens with one attached hydrogen (secondary N) is 1. The normalized spacial score (nSPS) is 12.2. The van der Waals surface area contributed by atoms with E-state index in [0.29, 0.717) is 24.1 Å². The molecule has 1 amide bonds. The number of carbonyl (C=O) groups excluding carboxylic acids is 1. The van der Waals surface area contributed by atoms with Crippen molar-refractivity contribution in [3.63, 3.8) is 0 Å². The van der Waals surface area contributed by atoms with Gasteiger partial charge in [0.05, 0.1) is 6.42 Å². The molecule has 0 fully saturated rings. The summed E-state index contributed by atoms with van der Waals surface area (Å²) in [5.41, 5.74) is 2.10. The Kier molecular flexibility index (Phi) is 6.27. The number of hydrogen-bond acceptors (Lipinski definition) is 5. The lowest BCUT2D eigenvalue weighted by Gasteiger charge is -2.10. The van der Waals surface area contributed by atoms with Gasteiger partial charge in [0.2, 0.25) is 17.6 Å². The maximum Gasteiger partial charge on any atom is 0.305 e. The second-order valence-electron chi connectivity index (χ2n) is 6.35. The number of carboxylic acids is 1. The average Bonchev–Trinajstić information content (AvgIpc) is 3.01. The van der Waals surface area contributed by atoms with Gasteiger partial charge in [0.1, 0.15) is 0 Å². The predicted molar refractivity (Wildman–Crippen MR) is 92.0 cm³/mol. The molecule has 2 aromatic rings. The van der Waals surface area contributed by atoms with E-state index in [1.165, 1.54) is 5.56 Å². The molecule has 2 rings (SSSR count). The lowest BCUT2D eigenvalue weighted by molar-refractivity contribution is -0.137. The van der Waals surface area contributed by atoms with Crippen LogP contribution in [0.4, 0.5) is 0 Å². The number of aryl methyl sites for hydroxylation is 1. The third-order valence-corrected chi connectivity index (χ3v) is 3.76. The number of aromatic nitrogens is 2. The van der Waals surface area contributed by atoms with Gasteiger partial charge in [-0.15, -0.1) is 0 Å². The smallest absolute Gasteiger partial charge is 0.305 e. The van der Waals surface area contributed by atoms with E-state index in [1.807, 2.05) is 24.3 Å². The van der Waals surface area contributed by atoms with E-state index in [0.717, 1.165) is 5.56 Å². The molecule has 0 aliphatic carbocycles. The van der Waals surface area contributed by atoms with Crippen LogP contribution in [0.15, 0.2) is 28.8 Å². The van der Waals surface area contributed by atoms with Crippen molar-refractivity contribution in [3.8, 4) is 11.4 Å². The van der Waals surface area contributed by atoms with Crippen molar-refractivity contribution in [2.75, 3.05) is 0 Å². The van der Waals surface area contributed by atoms with Crippen LogP contribution in [-0.2, 0) is 16.0 Å². The number of aliphatic carboxylic acids is 1. The van der Waals surface area contributed by atoms with E-state index in [2.05, 4.69) is 29.3 Å². The molecule has 0 aliphatic rings. The monoisotopic (exact) mass is 345 g/mol. The highest BCUT2D eigenvalue weighted by atomic mass is 16.5. The molecule has 0 aliphatic heterocycles. The summed E-state index contributed by atoms with van der Waals surface area (Å²) < 4.78 is 5.18. The third kappa shape index (κ3) is 5.70. The Bertz CT molecular complexity index is 722. The molecule has 25 heavy (non-hydrogen) atoms. The van der Waals surface area contributed by atoms with E-state index in [-0.39, 0.29) is 18.7 Å². The van der Waals surface area contributed by atoms with E-state index >= 15 is 0 Å². The quantitative estimate of drug-likeness (QED) is 0.762. The van der Waals surface area contributed by atoms with Crippen LogP contribution >= 0.6 is 0 Å². The molecule has 7 nitrogen and oxygen atoms in total. The largest absolute Gasteiger partial charge is 0.481 e. The molecule has 134 valence electrons. The van der Waals surface area contributed by atoms with Crippen molar-refractivity contribution in [1.29, 1.82) is 0 Å². The van der Waals surface area contributed by atoms with Gasteiger partial charge in [-0.05, 0) is 18.4 Å². The van der Waals surface area contributed by atoms with Gasteiger partial charge in [0.25, 0.3) is 0 Å². The zero-order chi connectivity index (χ0) is 18.4. The lowest BCUT2D eigenvalue weighted by Crippen LogP contribution is -2.34. The first kappa shape index (κ1) is 18.6. The number of amides is 1. The summed E-state index contributed by atoms with van der Waals surface area (Å²) in [7, 11) is 0. The summed E-state index contributed by atoms with van der Waals surface area (Å²) in [5, 5.41) is 15.2. The number of nitrogens with zero attached hydrogens (tertiary/aromatic N) is 2. The highest BCUT2D eigenvalue weighted by molar-refractivity contribution is 5.77. The first-order valence-corrected chi connectivity index (χ1v) is 8.29. The maximum atomic E-state index is 11.8. The summed E-state index contributed by atoms with van der Waals surface area (Å²) in [6, 6.07) is 7.55. The summed E-state index contributed by atoms with van der Waals surface area (Å²) in [6.45, 7) is 5.91. The predicted octanol–water partition coefficient (Wildman–Crippen LogP) is 2.77. The van der Waals surface area contributed by atoms with E-state index in [1.54, 1.807) is 6.92 Å². The molecule has 1 unspecified atom stereocenters. The van der Waals surface area contributed by atoms with Crippen LogP contribution in [-0.4, -0.2) is 33.2 Å². The molecule has 0 saturated carbocycles. The molecular weight excluding hydrogens is 322 g/mol. The minimum Gasteiger partial charge on any atom is -0.481 e. The molecule has 2 N–H and O–H groups in total. The fourth-order valence-corrected chi connectivity index (χ4v) is 2.37. The zero-order valence-electron chi connectivity index (χ0n) is 14.7. The molecule has 1 aromatic carbocycles. The maximum absolute atomic E-state index is 11.8. The van der Waals surface area contributed by atoms with E-state index < -0.39 is 12.0 Å². The minimum atomic E-state index is -0.946. The lowest BCUT2D eigenvalue weighted by atomic mass is 10.0. The van der Waals surface area contributed by atoms with Crippen molar-refractivity contribution < 1.29 is 19.2 Å². The van der Waals surface area contributed by atoms with Gasteiger partial charge < -0.3 is 14.9 Å². The molecule has 0 spiro atoms. The molecule has 0 radical (unpaired) electrons. The second kappa shape index (κ2) is 8.41. The van der Waals surface area contributed by atoms with Crippen LogP contribution in [0.3, 0.4) is 0 Å². The van der Waals surface area contributed by atoms with Crippen LogP contribution in [0, 0.1) is 0 Å². The number of carbonyl (C=O) groups is 2. The van der Waals surface area contributed by atoms with Crippen LogP contribution < -0.4 is 5.32 Å². The van der Waals surface area contributed by atoms with Crippen molar-refractivity contribution in [1.82, 2.24) is 15.5 Å². The van der Waals surface area contributed by atoms with Crippen molar-refractivity contribution in [2.45, 2.75) is 52.0 Å². The summed E-state index contributed by atoms with van der Waals surface area (Å²) in [5.74, 6) is 0.137. The zero-order valence-corrected chi connectivity index (χ0v) is 14.7. The van der Waals surface area contributed by atoms with E-state index in [4.69, 9.17) is 9.63 Å². The van der Waals surface area contributed by atoms with Gasteiger partial charge in [-0.25, -0.2) is 0 Å². The van der Waals surface area contributed by atoms with Gasteiger partial charge >= 0.3 is 5.97 Å². The third-order valence-electron chi connectivity index (χ3n) is 3.76. The Labute approximate surface area is 146 Å². The Balaban J connectivity index is 1.89. The summed E-state index contributed by atoms with van der Waals surface area (Å²) in [6.07, 6.45) is 0.364. The molecule has 0 bridgehead atoms. The first-order valence-electron chi connectivity index (χ1n) is 8.29. The molecular formula is C18H23N3O4. The number of carboxylic acid groups (broad SMARTS) is 1. The van der Waals surface area contributed by atoms with E-state index in [9.17, 15) is 9.59 Å². The minimum absolute atomic E-state index is 0.108. The van der Waals surface area contributed by atoms with Crippen LogP contribution in [0.1, 0.15) is 51.0 Å². The highest BCUT2D eigenvalue weighted by Gasteiger charge is 2.14. The van der Waals surface area contributed by atoms with Gasteiger partial charge in [0.15, 0.2) is 0 Å². The second-order valence-corrected chi connectivity index (χ2v) is 6.35. The van der Waals surface area contributed by atoms with Crippen LogP contribution in [0.2, 0.25) is 0 Å². The Morgan fingerprint density at radius 1 is 1.20 bits per heavy atom. The average molecular weight is 345 g/mol. The van der Waals surface area contributed by atoms with Crippen molar-refractivity contribution in [3.05, 3.63) is 35.7 Å². The molecule has 7 heteroatoms. The fraction of sp³-hybridized carbons (Fsp3) is 0.444. The summed E-state index contributed by atoms with van der Waals surface area (Å²) in [4.78, 5) is 26.7. The Morgan fingerprint density at radius 2 is 1.88 bits per heavy atom. The van der Waals surface area contributed by atoms with Gasteiger partial charge in [-0.3, -0.25) is 9.59 Å². The molecule has 1 aromatic heterocycles. The number of hydrogen-bond donors (Lipinski definition) is 2. The number of benzene rings is 1. The molecule has 1 atom stereocenters. The summed E-state index contributed by atoms with van der Waals surface area (Å²) >= 11 is 0. The SMILES string of the molecule is CC(CC(=O)O)NC(=O)CCc1nc(-c2ccc(C(C)C)cc2)no1. The molecule has 1 heterocycles. The van der Waals surface area contributed by atoms with Gasteiger partial charge in [-0.2, -0.15) is 4.98 Å². The van der Waals surface area contributed by atoms with Gasteiger partial charge in [-0.1, -0.05) is 43.3 Å². The Hall–Kier alpha value is -2.70.